The number of thioether (sulfide) groups is 1. The molecule has 0 fully saturated rings. The largest absolute Gasteiger partial charge is 0.496 e. The van der Waals surface area contributed by atoms with Crippen LogP contribution in [0.25, 0.3) is 0 Å². The number of nitrogens with zero attached hydrogens (tertiary/aromatic N) is 3. The first-order chi connectivity index (χ1) is 18.6. The first-order valence-electron chi connectivity index (χ1n) is 12.8. The molecule has 38 heavy (non-hydrogen) atoms. The molecule has 8 heteroatoms. The van der Waals surface area contributed by atoms with Gasteiger partial charge in [-0.25, -0.2) is 0 Å². The van der Waals surface area contributed by atoms with Gasteiger partial charge in [0.05, 0.1) is 7.11 Å². The molecule has 0 atom stereocenters. The van der Waals surface area contributed by atoms with Crippen molar-refractivity contribution < 1.29 is 9.53 Å². The number of benzene rings is 3. The van der Waals surface area contributed by atoms with Crippen LogP contribution in [0.2, 0.25) is 5.02 Å². The molecule has 0 unspecified atom stereocenters. The van der Waals surface area contributed by atoms with Crippen LogP contribution in [-0.2, 0) is 36.5 Å². The number of unbranched alkanes of at least 4 members (excludes halogenated alkanes) is 1. The second-order valence-corrected chi connectivity index (χ2v) is 10.4. The number of nitrogens with one attached hydrogen (secondary N) is 1. The summed E-state index contributed by atoms with van der Waals surface area (Å²) in [6, 6.07) is 26.1. The standard InChI is InChI=1S/C30H33ClN4O2S/c1-37-27-15-6-5-13-25(27)21-32-29(36)17-8-7-16-28-33-34-30(38-22-24-12-9-14-26(31)20-24)35(28)19-18-23-10-3-2-4-11-23/h2-6,9-15,20H,7-8,16-19,21-22H2,1H3,(H,32,36). The van der Waals surface area contributed by atoms with Crippen molar-refractivity contribution in [1.29, 1.82) is 0 Å². The zero-order valence-corrected chi connectivity index (χ0v) is 23.2. The Morgan fingerprint density at radius 2 is 1.74 bits per heavy atom. The van der Waals surface area contributed by atoms with Crippen molar-refractivity contribution in [2.45, 2.75) is 56.1 Å². The molecule has 1 aromatic heterocycles. The van der Waals surface area contributed by atoms with E-state index in [1.165, 1.54) is 5.56 Å². The Bertz CT molecular complexity index is 1310. The van der Waals surface area contributed by atoms with Gasteiger partial charge >= 0.3 is 0 Å². The molecule has 6 nitrogen and oxygen atoms in total. The molecular formula is C30H33ClN4O2S. The van der Waals surface area contributed by atoms with Gasteiger partial charge < -0.3 is 14.6 Å². The number of aryl methyl sites for hydroxylation is 2. The number of carbonyl (C=O) groups excluding carboxylic acids is 1. The highest BCUT2D eigenvalue weighted by molar-refractivity contribution is 7.98. The van der Waals surface area contributed by atoms with Crippen molar-refractivity contribution >= 4 is 29.3 Å². The summed E-state index contributed by atoms with van der Waals surface area (Å²) in [7, 11) is 1.64. The third-order valence-electron chi connectivity index (χ3n) is 6.24. The molecule has 0 aliphatic carbocycles. The van der Waals surface area contributed by atoms with Gasteiger partial charge in [0.1, 0.15) is 11.6 Å². The third-order valence-corrected chi connectivity index (χ3v) is 7.51. The van der Waals surface area contributed by atoms with Crippen molar-refractivity contribution in [3.63, 3.8) is 0 Å². The minimum Gasteiger partial charge on any atom is -0.496 e. The lowest BCUT2D eigenvalue weighted by Gasteiger charge is -2.11. The molecule has 4 aromatic rings. The Kier molecular flexibility index (Phi) is 10.7. The van der Waals surface area contributed by atoms with E-state index in [4.69, 9.17) is 16.3 Å². The zero-order chi connectivity index (χ0) is 26.6. The SMILES string of the molecule is COc1ccccc1CNC(=O)CCCCc1nnc(SCc2cccc(Cl)c2)n1CCc1ccccc1. The molecule has 0 spiro atoms. The number of para-hydroxylation sites is 1. The van der Waals surface area contributed by atoms with Gasteiger partial charge in [-0.2, -0.15) is 0 Å². The van der Waals surface area contributed by atoms with Crippen molar-refractivity contribution in [3.05, 3.63) is 106 Å². The zero-order valence-electron chi connectivity index (χ0n) is 21.6. The maximum absolute atomic E-state index is 12.4. The number of aromatic nitrogens is 3. The number of methoxy groups -OCH3 is 1. The van der Waals surface area contributed by atoms with E-state index in [2.05, 4.69) is 50.4 Å². The predicted octanol–water partition coefficient (Wildman–Crippen LogP) is 6.50. The number of hydrogen-bond donors (Lipinski definition) is 1. The predicted molar refractivity (Wildman–Crippen MR) is 154 cm³/mol. The minimum absolute atomic E-state index is 0.0409. The lowest BCUT2D eigenvalue weighted by molar-refractivity contribution is -0.121. The normalized spacial score (nSPS) is 10.9. The maximum atomic E-state index is 12.4. The number of hydrogen-bond acceptors (Lipinski definition) is 5. The Morgan fingerprint density at radius 1 is 0.947 bits per heavy atom. The van der Waals surface area contributed by atoms with Crippen LogP contribution in [-0.4, -0.2) is 27.8 Å². The van der Waals surface area contributed by atoms with Gasteiger partial charge in [0.25, 0.3) is 0 Å². The van der Waals surface area contributed by atoms with Crippen LogP contribution < -0.4 is 10.1 Å². The monoisotopic (exact) mass is 548 g/mol. The van der Waals surface area contributed by atoms with Gasteiger partial charge in [-0.05, 0) is 48.6 Å². The molecule has 1 heterocycles. The van der Waals surface area contributed by atoms with Crippen LogP contribution >= 0.6 is 23.4 Å². The minimum atomic E-state index is 0.0409. The first-order valence-corrected chi connectivity index (χ1v) is 14.2. The van der Waals surface area contributed by atoms with Crippen molar-refractivity contribution in [2.75, 3.05) is 7.11 Å². The van der Waals surface area contributed by atoms with Crippen molar-refractivity contribution in [3.8, 4) is 5.75 Å². The highest BCUT2D eigenvalue weighted by Gasteiger charge is 2.14. The summed E-state index contributed by atoms with van der Waals surface area (Å²) < 4.78 is 7.59. The van der Waals surface area contributed by atoms with Gasteiger partial charge in [-0.15, -0.1) is 10.2 Å². The molecular weight excluding hydrogens is 516 g/mol. The summed E-state index contributed by atoms with van der Waals surface area (Å²) in [6.45, 7) is 1.27. The number of halogens is 1. The second-order valence-electron chi connectivity index (χ2n) is 9.00. The summed E-state index contributed by atoms with van der Waals surface area (Å²) in [6.07, 6.45) is 3.81. The first kappa shape index (κ1) is 27.7. The molecule has 4 rings (SSSR count). The van der Waals surface area contributed by atoms with E-state index in [0.29, 0.717) is 13.0 Å². The van der Waals surface area contributed by atoms with Crippen molar-refractivity contribution in [1.82, 2.24) is 20.1 Å². The molecule has 0 aliphatic heterocycles. The fourth-order valence-corrected chi connectivity index (χ4v) is 5.33. The Balaban J connectivity index is 1.31. The average Bonchev–Trinajstić information content (AvgIpc) is 3.34. The lowest BCUT2D eigenvalue weighted by Crippen LogP contribution is -2.22. The van der Waals surface area contributed by atoms with Crippen LogP contribution in [0.5, 0.6) is 5.75 Å². The lowest BCUT2D eigenvalue weighted by atomic mass is 10.1. The Hall–Kier alpha value is -3.29. The average molecular weight is 549 g/mol. The van der Waals surface area contributed by atoms with Gasteiger partial charge in [-0.3, -0.25) is 4.79 Å². The quantitative estimate of drug-likeness (QED) is 0.144. The molecule has 1 amide bonds. The molecule has 1 N–H and O–H groups in total. The van der Waals surface area contributed by atoms with Gasteiger partial charge in [0.2, 0.25) is 5.91 Å². The molecule has 0 saturated heterocycles. The molecule has 0 saturated carbocycles. The summed E-state index contributed by atoms with van der Waals surface area (Å²) >= 11 is 7.83. The molecule has 0 bridgehead atoms. The number of rotatable bonds is 14. The van der Waals surface area contributed by atoms with E-state index < -0.39 is 0 Å². The fourth-order valence-electron chi connectivity index (χ4n) is 4.20. The van der Waals surface area contributed by atoms with E-state index in [1.807, 2.05) is 48.5 Å². The van der Waals surface area contributed by atoms with E-state index >= 15 is 0 Å². The molecule has 0 radical (unpaired) electrons. The van der Waals surface area contributed by atoms with E-state index in [-0.39, 0.29) is 5.91 Å². The Labute approximate surface area is 233 Å². The molecule has 3 aromatic carbocycles. The Morgan fingerprint density at radius 3 is 2.55 bits per heavy atom. The molecule has 0 aliphatic rings. The number of ether oxygens (including phenoxy) is 1. The van der Waals surface area contributed by atoms with Gasteiger partial charge in [-0.1, -0.05) is 84.0 Å². The highest BCUT2D eigenvalue weighted by Crippen LogP contribution is 2.24. The smallest absolute Gasteiger partial charge is 0.220 e. The number of carbonyl (C=O) groups is 1. The maximum Gasteiger partial charge on any atom is 0.220 e. The fraction of sp³-hybridized carbons (Fsp3) is 0.300. The van der Waals surface area contributed by atoms with Crippen LogP contribution in [0.15, 0.2) is 84.0 Å². The number of amides is 1. The van der Waals surface area contributed by atoms with Crippen LogP contribution in [0.4, 0.5) is 0 Å². The van der Waals surface area contributed by atoms with E-state index in [9.17, 15) is 4.79 Å². The van der Waals surface area contributed by atoms with E-state index in [0.717, 1.165) is 70.9 Å². The van der Waals surface area contributed by atoms with Crippen LogP contribution in [0, 0.1) is 0 Å². The highest BCUT2D eigenvalue weighted by atomic mass is 35.5. The van der Waals surface area contributed by atoms with Crippen LogP contribution in [0.3, 0.4) is 0 Å². The van der Waals surface area contributed by atoms with Gasteiger partial charge in [0.15, 0.2) is 5.16 Å². The molecule has 198 valence electrons. The summed E-state index contributed by atoms with van der Waals surface area (Å²) in [4.78, 5) is 12.4. The topological polar surface area (TPSA) is 69.0 Å². The van der Waals surface area contributed by atoms with Crippen LogP contribution in [0.1, 0.15) is 41.8 Å². The van der Waals surface area contributed by atoms with Gasteiger partial charge in [0, 0.05) is 42.3 Å². The summed E-state index contributed by atoms with van der Waals surface area (Å²) in [5, 5.41) is 13.7. The van der Waals surface area contributed by atoms with E-state index in [1.54, 1.807) is 18.9 Å². The third kappa shape index (κ3) is 8.36. The summed E-state index contributed by atoms with van der Waals surface area (Å²) in [5.74, 6) is 2.56. The van der Waals surface area contributed by atoms with Crippen molar-refractivity contribution in [2.24, 2.45) is 0 Å². The summed E-state index contributed by atoms with van der Waals surface area (Å²) in [5.41, 5.74) is 3.41. The second kappa shape index (κ2) is 14.6.